The number of ketones is 1. The molecule has 0 aliphatic heterocycles. The Morgan fingerprint density at radius 2 is 2.05 bits per heavy atom. The van der Waals surface area contributed by atoms with E-state index in [0.29, 0.717) is 18.7 Å². The maximum Gasteiger partial charge on any atom is 0.163 e. The first-order valence-corrected chi connectivity index (χ1v) is 6.35. The van der Waals surface area contributed by atoms with Gasteiger partial charge in [-0.05, 0) is 32.0 Å². The SMILES string of the molecule is CCCN(CCO)Cc1cc(F)cc(C(C)=O)c1O. The number of rotatable bonds is 7. The van der Waals surface area contributed by atoms with Crippen molar-refractivity contribution in [2.24, 2.45) is 0 Å². The third-order valence-electron chi connectivity index (χ3n) is 2.88. The van der Waals surface area contributed by atoms with Crippen molar-refractivity contribution >= 4 is 5.78 Å². The van der Waals surface area contributed by atoms with Gasteiger partial charge in [0.15, 0.2) is 5.78 Å². The van der Waals surface area contributed by atoms with Crippen molar-refractivity contribution in [3.63, 3.8) is 0 Å². The van der Waals surface area contributed by atoms with E-state index in [-0.39, 0.29) is 23.7 Å². The quantitative estimate of drug-likeness (QED) is 0.743. The number of halogens is 1. The maximum absolute atomic E-state index is 13.5. The minimum absolute atomic E-state index is 0.00422. The van der Waals surface area contributed by atoms with Crippen molar-refractivity contribution in [3.8, 4) is 5.75 Å². The Kier molecular flexibility index (Phi) is 5.92. The van der Waals surface area contributed by atoms with Gasteiger partial charge in [-0.15, -0.1) is 0 Å². The molecule has 1 aromatic rings. The van der Waals surface area contributed by atoms with Crippen LogP contribution in [0, 0.1) is 5.82 Å². The first-order valence-electron chi connectivity index (χ1n) is 6.35. The van der Waals surface area contributed by atoms with E-state index in [9.17, 15) is 14.3 Å². The van der Waals surface area contributed by atoms with E-state index in [2.05, 4.69) is 0 Å². The third kappa shape index (κ3) is 4.29. The number of aliphatic hydroxyl groups excluding tert-OH is 1. The van der Waals surface area contributed by atoms with Gasteiger partial charge in [0.1, 0.15) is 11.6 Å². The number of hydrogen-bond acceptors (Lipinski definition) is 4. The van der Waals surface area contributed by atoms with Gasteiger partial charge in [0.2, 0.25) is 0 Å². The average molecular weight is 269 g/mol. The van der Waals surface area contributed by atoms with Crippen molar-refractivity contribution in [1.29, 1.82) is 0 Å². The number of phenolic OH excluding ortho intramolecular Hbond substituents is 1. The summed E-state index contributed by atoms with van der Waals surface area (Å²) in [6, 6.07) is 2.26. The number of carbonyl (C=O) groups excluding carboxylic acids is 1. The van der Waals surface area contributed by atoms with Crippen LogP contribution >= 0.6 is 0 Å². The monoisotopic (exact) mass is 269 g/mol. The summed E-state index contributed by atoms with van der Waals surface area (Å²) in [7, 11) is 0. The zero-order chi connectivity index (χ0) is 14.4. The van der Waals surface area contributed by atoms with E-state index in [1.807, 2.05) is 11.8 Å². The molecule has 0 bridgehead atoms. The Hall–Kier alpha value is -1.46. The highest BCUT2D eigenvalue weighted by Gasteiger charge is 2.15. The van der Waals surface area contributed by atoms with Gasteiger partial charge < -0.3 is 10.2 Å². The molecule has 0 fully saturated rings. The minimum Gasteiger partial charge on any atom is -0.507 e. The van der Waals surface area contributed by atoms with Crippen LogP contribution in [0.4, 0.5) is 4.39 Å². The van der Waals surface area contributed by atoms with Crippen LogP contribution in [0.15, 0.2) is 12.1 Å². The molecule has 0 heterocycles. The molecule has 0 aromatic heterocycles. The Labute approximate surface area is 112 Å². The second kappa shape index (κ2) is 7.21. The topological polar surface area (TPSA) is 60.8 Å². The van der Waals surface area contributed by atoms with Crippen LogP contribution in [0.2, 0.25) is 0 Å². The van der Waals surface area contributed by atoms with Crippen LogP contribution in [0.3, 0.4) is 0 Å². The smallest absolute Gasteiger partial charge is 0.163 e. The lowest BCUT2D eigenvalue weighted by Crippen LogP contribution is -2.27. The number of hydrogen-bond donors (Lipinski definition) is 2. The zero-order valence-electron chi connectivity index (χ0n) is 11.3. The molecular formula is C14H20FNO3. The second-order valence-corrected chi connectivity index (χ2v) is 4.52. The number of aliphatic hydroxyl groups is 1. The highest BCUT2D eigenvalue weighted by Crippen LogP contribution is 2.26. The number of carbonyl (C=O) groups is 1. The number of benzene rings is 1. The summed E-state index contributed by atoms with van der Waals surface area (Å²) in [5, 5.41) is 19.0. The Morgan fingerprint density at radius 1 is 1.37 bits per heavy atom. The van der Waals surface area contributed by atoms with E-state index in [4.69, 9.17) is 5.11 Å². The normalized spacial score (nSPS) is 11.0. The number of phenols is 1. The number of Topliss-reactive ketones (excluding diaryl/α,β-unsaturated/α-hetero) is 1. The Morgan fingerprint density at radius 3 is 2.58 bits per heavy atom. The van der Waals surface area contributed by atoms with Crippen LogP contribution in [-0.4, -0.2) is 40.6 Å². The first kappa shape index (κ1) is 15.6. The van der Waals surface area contributed by atoms with Crippen LogP contribution in [-0.2, 0) is 6.54 Å². The summed E-state index contributed by atoms with van der Waals surface area (Å²) in [6.45, 7) is 4.76. The average Bonchev–Trinajstić information content (AvgIpc) is 2.33. The molecule has 19 heavy (non-hydrogen) atoms. The summed E-state index contributed by atoms with van der Waals surface area (Å²) in [5.74, 6) is -1.09. The molecular weight excluding hydrogens is 249 g/mol. The van der Waals surface area contributed by atoms with Gasteiger partial charge in [0, 0.05) is 18.7 Å². The predicted octanol–water partition coefficient (Wildman–Crippen LogP) is 1.94. The molecule has 1 aromatic carbocycles. The molecule has 4 nitrogen and oxygen atoms in total. The number of aromatic hydroxyl groups is 1. The van der Waals surface area contributed by atoms with E-state index in [1.165, 1.54) is 13.0 Å². The molecule has 106 valence electrons. The van der Waals surface area contributed by atoms with Crippen molar-refractivity contribution < 1.29 is 19.4 Å². The fraction of sp³-hybridized carbons (Fsp3) is 0.500. The lowest BCUT2D eigenvalue weighted by Gasteiger charge is -2.21. The molecule has 0 spiro atoms. The highest BCUT2D eigenvalue weighted by atomic mass is 19.1. The van der Waals surface area contributed by atoms with Gasteiger partial charge in [0.05, 0.1) is 12.2 Å². The van der Waals surface area contributed by atoms with E-state index >= 15 is 0 Å². The molecule has 2 N–H and O–H groups in total. The standard InChI is InChI=1S/C14H20FNO3/c1-3-4-16(5-6-17)9-11-7-12(15)8-13(10(2)18)14(11)19/h7-8,17,19H,3-6,9H2,1-2H3. The molecule has 5 heteroatoms. The van der Waals surface area contributed by atoms with Crippen LogP contribution in [0.5, 0.6) is 5.75 Å². The molecule has 0 aliphatic rings. The third-order valence-corrected chi connectivity index (χ3v) is 2.88. The van der Waals surface area contributed by atoms with E-state index in [1.54, 1.807) is 0 Å². The van der Waals surface area contributed by atoms with Gasteiger partial charge in [0.25, 0.3) is 0 Å². The molecule has 0 atom stereocenters. The summed E-state index contributed by atoms with van der Waals surface area (Å²) >= 11 is 0. The summed E-state index contributed by atoms with van der Waals surface area (Å²) < 4.78 is 13.5. The fourth-order valence-corrected chi connectivity index (χ4v) is 2.01. The second-order valence-electron chi connectivity index (χ2n) is 4.52. The zero-order valence-corrected chi connectivity index (χ0v) is 11.3. The van der Waals surface area contributed by atoms with Gasteiger partial charge in [-0.1, -0.05) is 6.92 Å². The Bertz CT molecular complexity index is 443. The Balaban J connectivity index is 3.02. The van der Waals surface area contributed by atoms with Gasteiger partial charge in [-0.2, -0.15) is 0 Å². The predicted molar refractivity (Wildman–Crippen MR) is 70.7 cm³/mol. The molecule has 0 aliphatic carbocycles. The minimum atomic E-state index is -0.543. The van der Waals surface area contributed by atoms with E-state index in [0.717, 1.165) is 19.0 Å². The summed E-state index contributed by atoms with van der Waals surface area (Å²) in [6.07, 6.45) is 0.885. The molecule has 1 rings (SSSR count). The van der Waals surface area contributed by atoms with Crippen molar-refractivity contribution in [1.82, 2.24) is 4.90 Å². The number of nitrogens with zero attached hydrogens (tertiary/aromatic N) is 1. The van der Waals surface area contributed by atoms with Crippen LogP contribution in [0.1, 0.15) is 36.2 Å². The molecule has 0 radical (unpaired) electrons. The molecule has 0 saturated carbocycles. The highest BCUT2D eigenvalue weighted by molar-refractivity contribution is 5.97. The maximum atomic E-state index is 13.5. The molecule has 0 saturated heterocycles. The largest absolute Gasteiger partial charge is 0.507 e. The summed E-state index contributed by atoms with van der Waals surface area (Å²) in [5.41, 5.74) is 0.363. The van der Waals surface area contributed by atoms with Crippen molar-refractivity contribution in [2.45, 2.75) is 26.8 Å². The van der Waals surface area contributed by atoms with Crippen molar-refractivity contribution in [3.05, 3.63) is 29.1 Å². The molecule has 0 unspecified atom stereocenters. The molecule has 0 amide bonds. The van der Waals surface area contributed by atoms with E-state index < -0.39 is 5.82 Å². The summed E-state index contributed by atoms with van der Waals surface area (Å²) in [4.78, 5) is 13.2. The van der Waals surface area contributed by atoms with Crippen LogP contribution in [0.25, 0.3) is 0 Å². The first-order chi connectivity index (χ1) is 8.99. The van der Waals surface area contributed by atoms with Crippen LogP contribution < -0.4 is 0 Å². The van der Waals surface area contributed by atoms with Gasteiger partial charge >= 0.3 is 0 Å². The van der Waals surface area contributed by atoms with Gasteiger partial charge in [-0.25, -0.2) is 4.39 Å². The lowest BCUT2D eigenvalue weighted by atomic mass is 10.0. The fourth-order valence-electron chi connectivity index (χ4n) is 2.01. The van der Waals surface area contributed by atoms with Gasteiger partial charge in [-0.3, -0.25) is 9.69 Å². The van der Waals surface area contributed by atoms with Crippen molar-refractivity contribution in [2.75, 3.05) is 19.7 Å². The lowest BCUT2D eigenvalue weighted by molar-refractivity contribution is 0.101.